The van der Waals surface area contributed by atoms with Gasteiger partial charge in [-0.25, -0.2) is 9.97 Å². The van der Waals surface area contributed by atoms with Gasteiger partial charge in [0, 0.05) is 22.1 Å². The largest absolute Gasteiger partial charge is 0.228 e. The van der Waals surface area contributed by atoms with Gasteiger partial charge < -0.3 is 0 Å². The lowest BCUT2D eigenvalue weighted by atomic mass is 9.78. The highest BCUT2D eigenvalue weighted by Gasteiger charge is 2.38. The Morgan fingerprint density at radius 2 is 1.00 bits per heavy atom. The number of hydrogen-bond donors (Lipinski definition) is 0. The number of aromatic nitrogens is 2. The second kappa shape index (κ2) is 11.3. The van der Waals surface area contributed by atoms with Crippen molar-refractivity contribution < 1.29 is 0 Å². The minimum atomic E-state index is -0.160. The topological polar surface area (TPSA) is 25.8 Å². The first-order valence-corrected chi connectivity index (χ1v) is 17.7. The summed E-state index contributed by atoms with van der Waals surface area (Å²) in [5.74, 6) is 0.722. The molecule has 0 N–H and O–H groups in total. The van der Waals surface area contributed by atoms with E-state index in [1.54, 1.807) is 0 Å². The maximum atomic E-state index is 5.28. The van der Waals surface area contributed by atoms with Crippen molar-refractivity contribution in [3.05, 3.63) is 181 Å². The first-order valence-electron chi connectivity index (χ1n) is 17.7. The maximum absolute atomic E-state index is 5.28. The number of rotatable bonds is 4. The van der Waals surface area contributed by atoms with Crippen LogP contribution in [-0.4, -0.2) is 9.97 Å². The molecule has 0 saturated carbocycles. The summed E-state index contributed by atoms with van der Waals surface area (Å²) in [5.41, 5.74) is 12.8. The summed E-state index contributed by atoms with van der Waals surface area (Å²) in [6.45, 7) is 4.76. The Bertz CT molecular complexity index is 2830. The highest BCUT2D eigenvalue weighted by atomic mass is 14.9. The highest BCUT2D eigenvalue weighted by Crippen LogP contribution is 2.55. The van der Waals surface area contributed by atoms with E-state index in [2.05, 4.69) is 178 Å². The average Bonchev–Trinajstić information content (AvgIpc) is 3.44. The summed E-state index contributed by atoms with van der Waals surface area (Å²) in [6.07, 6.45) is 0. The van der Waals surface area contributed by atoms with E-state index in [1.807, 2.05) is 6.07 Å². The molecule has 1 aliphatic carbocycles. The zero-order valence-corrected chi connectivity index (χ0v) is 28.6. The molecule has 9 aromatic rings. The monoisotopic (exact) mass is 650 g/mol. The number of hydrogen-bond acceptors (Lipinski definition) is 2. The quantitative estimate of drug-likeness (QED) is 0.189. The highest BCUT2D eigenvalue weighted by molar-refractivity contribution is 6.08. The molecule has 0 radical (unpaired) electrons. The first kappa shape index (κ1) is 29.5. The zero-order valence-electron chi connectivity index (χ0n) is 28.6. The fraction of sp³-hybridized carbons (Fsp3) is 0.0612. The molecular weight excluding hydrogens is 617 g/mol. The molecule has 8 aromatic carbocycles. The van der Waals surface area contributed by atoms with Crippen molar-refractivity contribution in [2.24, 2.45) is 0 Å². The van der Waals surface area contributed by atoms with Gasteiger partial charge in [0.25, 0.3) is 0 Å². The van der Waals surface area contributed by atoms with E-state index in [0.29, 0.717) is 0 Å². The molecule has 1 heterocycles. The van der Waals surface area contributed by atoms with Crippen LogP contribution in [0.5, 0.6) is 0 Å². The number of nitrogens with zero attached hydrogens (tertiary/aromatic N) is 2. The van der Waals surface area contributed by atoms with E-state index >= 15 is 0 Å². The molecule has 0 atom stereocenters. The molecule has 0 bridgehead atoms. The van der Waals surface area contributed by atoms with E-state index in [4.69, 9.17) is 9.97 Å². The van der Waals surface area contributed by atoms with Crippen LogP contribution in [0, 0.1) is 0 Å². The normalized spacial score (nSPS) is 13.1. The van der Waals surface area contributed by atoms with Gasteiger partial charge in [0.1, 0.15) is 0 Å². The molecule has 51 heavy (non-hydrogen) atoms. The fourth-order valence-electron chi connectivity index (χ4n) is 8.43. The van der Waals surface area contributed by atoms with Gasteiger partial charge in [0.05, 0.1) is 11.4 Å². The fourth-order valence-corrected chi connectivity index (χ4v) is 8.43. The van der Waals surface area contributed by atoms with Crippen molar-refractivity contribution >= 4 is 32.3 Å². The van der Waals surface area contributed by atoms with Crippen molar-refractivity contribution in [3.8, 4) is 56.2 Å². The Hall–Kier alpha value is -6.38. The van der Waals surface area contributed by atoms with Crippen molar-refractivity contribution in [1.82, 2.24) is 9.97 Å². The summed E-state index contributed by atoms with van der Waals surface area (Å²) in [7, 11) is 0. The Balaban J connectivity index is 1.18. The standard InChI is InChI=1S/C49H34N2/c1-49(2)43-28-25-32-14-8-9-18-36(32)46(43)42-22-12-21-40(47(42)49)39-26-27-41(38-20-11-10-19-37(38)39)48-50-44(33-15-4-3-5-16-33)30-45(51-48)35-24-23-31-13-6-7-17-34(31)29-35/h3-30H,1-2H3. The number of benzene rings is 8. The van der Waals surface area contributed by atoms with Crippen molar-refractivity contribution in [3.63, 3.8) is 0 Å². The predicted octanol–water partition coefficient (Wildman–Crippen LogP) is 12.9. The lowest BCUT2D eigenvalue weighted by molar-refractivity contribution is 0.662. The molecule has 2 nitrogen and oxygen atoms in total. The first-order chi connectivity index (χ1) is 25.0. The molecule has 2 heteroatoms. The van der Waals surface area contributed by atoms with Crippen molar-refractivity contribution in [2.45, 2.75) is 19.3 Å². The Morgan fingerprint density at radius 3 is 1.80 bits per heavy atom. The van der Waals surface area contributed by atoms with Crippen LogP contribution in [0.1, 0.15) is 25.0 Å². The molecule has 0 spiro atoms. The van der Waals surface area contributed by atoms with Gasteiger partial charge in [-0.05, 0) is 83.9 Å². The third-order valence-corrected chi connectivity index (χ3v) is 10.9. The summed E-state index contributed by atoms with van der Waals surface area (Å²) in [6, 6.07) is 61.1. The van der Waals surface area contributed by atoms with E-state index in [1.165, 1.54) is 60.3 Å². The smallest absolute Gasteiger partial charge is 0.161 e. The van der Waals surface area contributed by atoms with E-state index in [9.17, 15) is 0 Å². The van der Waals surface area contributed by atoms with Crippen molar-refractivity contribution in [1.29, 1.82) is 0 Å². The second-order valence-electron chi connectivity index (χ2n) is 14.2. The van der Waals surface area contributed by atoms with Crippen LogP contribution in [0.2, 0.25) is 0 Å². The van der Waals surface area contributed by atoms with Crippen molar-refractivity contribution in [2.75, 3.05) is 0 Å². The number of fused-ring (bicyclic) bond motifs is 7. The summed E-state index contributed by atoms with van der Waals surface area (Å²) in [5, 5.41) is 7.34. The minimum absolute atomic E-state index is 0.160. The van der Waals surface area contributed by atoms with Crippen LogP contribution < -0.4 is 0 Å². The summed E-state index contributed by atoms with van der Waals surface area (Å²) >= 11 is 0. The molecule has 10 rings (SSSR count). The van der Waals surface area contributed by atoms with Gasteiger partial charge in [-0.15, -0.1) is 0 Å². The lowest BCUT2D eigenvalue weighted by Crippen LogP contribution is -2.16. The van der Waals surface area contributed by atoms with Crippen LogP contribution in [-0.2, 0) is 5.41 Å². The van der Waals surface area contributed by atoms with Crippen LogP contribution in [0.3, 0.4) is 0 Å². The minimum Gasteiger partial charge on any atom is -0.228 e. The Kier molecular flexibility index (Phi) is 6.56. The zero-order chi connectivity index (χ0) is 34.1. The average molecular weight is 651 g/mol. The molecule has 0 fully saturated rings. The summed E-state index contributed by atoms with van der Waals surface area (Å²) < 4.78 is 0. The Labute approximate surface area is 297 Å². The predicted molar refractivity (Wildman–Crippen MR) is 214 cm³/mol. The van der Waals surface area contributed by atoms with Gasteiger partial charge in [0.2, 0.25) is 0 Å². The third-order valence-electron chi connectivity index (χ3n) is 10.9. The van der Waals surface area contributed by atoms with E-state index in [0.717, 1.165) is 39.3 Å². The van der Waals surface area contributed by atoms with Gasteiger partial charge in [-0.2, -0.15) is 0 Å². The SMILES string of the molecule is CC1(C)c2ccc3ccccc3c2-c2cccc(-c3ccc(-c4nc(-c5ccccc5)cc(-c5ccc6ccccc6c5)n4)c4ccccc34)c21. The van der Waals surface area contributed by atoms with Crippen LogP contribution >= 0.6 is 0 Å². The van der Waals surface area contributed by atoms with Crippen LogP contribution in [0.4, 0.5) is 0 Å². The van der Waals surface area contributed by atoms with Gasteiger partial charge in [0.15, 0.2) is 5.82 Å². The molecule has 240 valence electrons. The molecule has 0 aliphatic heterocycles. The van der Waals surface area contributed by atoms with Crippen LogP contribution in [0.25, 0.3) is 88.5 Å². The van der Waals surface area contributed by atoms with E-state index < -0.39 is 0 Å². The molecule has 0 unspecified atom stereocenters. The van der Waals surface area contributed by atoms with E-state index in [-0.39, 0.29) is 5.41 Å². The second-order valence-corrected chi connectivity index (χ2v) is 14.2. The lowest BCUT2D eigenvalue weighted by Gasteiger charge is -2.25. The van der Waals surface area contributed by atoms with Gasteiger partial charge in [-0.3, -0.25) is 0 Å². The molecular formula is C49H34N2. The molecule has 0 saturated heterocycles. The molecule has 0 amide bonds. The molecule has 1 aliphatic rings. The Morgan fingerprint density at radius 1 is 0.392 bits per heavy atom. The molecule has 1 aromatic heterocycles. The van der Waals surface area contributed by atoms with Crippen LogP contribution in [0.15, 0.2) is 170 Å². The van der Waals surface area contributed by atoms with Gasteiger partial charge >= 0.3 is 0 Å². The maximum Gasteiger partial charge on any atom is 0.161 e. The van der Waals surface area contributed by atoms with Gasteiger partial charge in [-0.1, -0.05) is 166 Å². The summed E-state index contributed by atoms with van der Waals surface area (Å²) in [4.78, 5) is 10.5. The third kappa shape index (κ3) is 4.64.